The molecule has 0 spiro atoms. The Balaban J connectivity index is 1.28. The Morgan fingerprint density at radius 2 is 1.78 bits per heavy atom. The zero-order valence-corrected chi connectivity index (χ0v) is 16.3. The lowest BCUT2D eigenvalue weighted by Crippen LogP contribution is -2.52. The molecule has 5 nitrogen and oxygen atoms in total. The first-order valence-electron chi connectivity index (χ1n) is 9.79. The molecule has 146 valence electrons. The van der Waals surface area contributed by atoms with Crippen LogP contribution in [0.1, 0.15) is 30.2 Å². The minimum atomic E-state index is -0.256. The van der Waals surface area contributed by atoms with Crippen molar-refractivity contribution < 1.29 is 14.0 Å². The van der Waals surface area contributed by atoms with Gasteiger partial charge in [-0.2, -0.15) is 0 Å². The average molecular weight is 392 g/mol. The molecule has 3 aliphatic rings. The molecule has 3 fully saturated rings. The molecule has 4 rings (SSSR count). The third kappa shape index (κ3) is 4.14. The second-order valence-electron chi connectivity index (χ2n) is 7.60. The molecule has 0 aromatic heterocycles. The summed E-state index contributed by atoms with van der Waals surface area (Å²) < 4.78 is 13.2. The number of carbonyl (C=O) groups is 2. The van der Waals surface area contributed by atoms with E-state index in [4.69, 9.17) is 0 Å². The molecule has 1 aromatic carbocycles. The van der Waals surface area contributed by atoms with Gasteiger partial charge in [0, 0.05) is 45.2 Å². The number of nitrogens with zero attached hydrogens (tertiary/aromatic N) is 3. The van der Waals surface area contributed by atoms with Gasteiger partial charge < -0.3 is 9.80 Å². The molecule has 2 saturated heterocycles. The minimum absolute atomic E-state index is 0.0282. The van der Waals surface area contributed by atoms with E-state index in [1.807, 2.05) is 9.80 Å². The highest BCUT2D eigenvalue weighted by molar-refractivity contribution is 8.00. The van der Waals surface area contributed by atoms with Crippen LogP contribution in [0.15, 0.2) is 24.3 Å². The number of halogens is 1. The largest absolute Gasteiger partial charge is 0.340 e. The van der Waals surface area contributed by atoms with Crippen molar-refractivity contribution in [1.29, 1.82) is 0 Å². The van der Waals surface area contributed by atoms with Gasteiger partial charge in [0.05, 0.1) is 5.75 Å². The van der Waals surface area contributed by atoms with E-state index in [-0.39, 0.29) is 23.0 Å². The van der Waals surface area contributed by atoms with Crippen LogP contribution in [-0.4, -0.2) is 71.5 Å². The Labute approximate surface area is 163 Å². The Morgan fingerprint density at radius 1 is 1.07 bits per heavy atom. The highest BCUT2D eigenvalue weighted by atomic mass is 32.2. The molecule has 7 heteroatoms. The standard InChI is InChI=1S/C20H26FN3O2S/c21-17-6-4-16(5-7-17)20-24(18(25)14-27-20)13-10-22-8-11-23(12-9-22)19(26)15-2-1-3-15/h4-7,15,20H,1-3,8-14H2. The zero-order chi connectivity index (χ0) is 18.8. The molecule has 0 radical (unpaired) electrons. The summed E-state index contributed by atoms with van der Waals surface area (Å²) in [6.45, 7) is 4.81. The Hall–Kier alpha value is -1.60. The van der Waals surface area contributed by atoms with Crippen LogP contribution in [0.5, 0.6) is 0 Å². The Bertz CT molecular complexity index is 687. The first kappa shape index (κ1) is 18.7. The second kappa shape index (κ2) is 8.19. The summed E-state index contributed by atoms with van der Waals surface area (Å²) >= 11 is 1.60. The molecule has 2 aliphatic heterocycles. The third-order valence-electron chi connectivity index (χ3n) is 5.92. The summed E-state index contributed by atoms with van der Waals surface area (Å²) in [6.07, 6.45) is 3.30. The number of hydrogen-bond donors (Lipinski definition) is 0. The first-order chi connectivity index (χ1) is 13.1. The fourth-order valence-electron chi connectivity index (χ4n) is 3.95. The maximum atomic E-state index is 13.2. The predicted molar refractivity (Wildman–Crippen MR) is 104 cm³/mol. The summed E-state index contributed by atoms with van der Waals surface area (Å²) in [5, 5.41) is -0.0282. The van der Waals surface area contributed by atoms with Crippen LogP contribution in [-0.2, 0) is 9.59 Å². The number of benzene rings is 1. The van der Waals surface area contributed by atoms with Gasteiger partial charge in [-0.05, 0) is 30.5 Å². The number of carbonyl (C=O) groups excluding carboxylic acids is 2. The Kier molecular flexibility index (Phi) is 5.68. The van der Waals surface area contributed by atoms with Crippen LogP contribution in [0, 0.1) is 11.7 Å². The summed E-state index contributed by atoms with van der Waals surface area (Å²) in [5.41, 5.74) is 0.975. The highest BCUT2D eigenvalue weighted by Crippen LogP contribution is 2.38. The van der Waals surface area contributed by atoms with Crippen molar-refractivity contribution in [2.24, 2.45) is 5.92 Å². The van der Waals surface area contributed by atoms with Gasteiger partial charge in [-0.3, -0.25) is 14.5 Å². The highest BCUT2D eigenvalue weighted by Gasteiger charge is 2.34. The quantitative estimate of drug-likeness (QED) is 0.773. The van der Waals surface area contributed by atoms with Gasteiger partial charge in [-0.1, -0.05) is 18.6 Å². The van der Waals surface area contributed by atoms with Crippen molar-refractivity contribution in [3.05, 3.63) is 35.6 Å². The molecule has 1 aromatic rings. The molecule has 1 saturated carbocycles. The maximum absolute atomic E-state index is 13.2. The van der Waals surface area contributed by atoms with Crippen molar-refractivity contribution in [2.75, 3.05) is 45.0 Å². The lowest BCUT2D eigenvalue weighted by molar-refractivity contribution is -0.139. The number of amides is 2. The fourth-order valence-corrected chi connectivity index (χ4v) is 5.17. The van der Waals surface area contributed by atoms with Crippen molar-refractivity contribution in [1.82, 2.24) is 14.7 Å². The molecular formula is C20H26FN3O2S. The van der Waals surface area contributed by atoms with E-state index in [2.05, 4.69) is 4.90 Å². The van der Waals surface area contributed by atoms with E-state index in [9.17, 15) is 14.0 Å². The lowest BCUT2D eigenvalue weighted by Gasteiger charge is -2.38. The van der Waals surface area contributed by atoms with E-state index in [1.54, 1.807) is 23.9 Å². The lowest BCUT2D eigenvalue weighted by atomic mass is 9.84. The predicted octanol–water partition coefficient (Wildman–Crippen LogP) is 2.34. The number of hydrogen-bond acceptors (Lipinski definition) is 4. The topological polar surface area (TPSA) is 43.9 Å². The summed E-state index contributed by atoms with van der Waals surface area (Å²) in [4.78, 5) is 30.9. The van der Waals surface area contributed by atoms with Gasteiger partial charge in [0.25, 0.3) is 0 Å². The first-order valence-corrected chi connectivity index (χ1v) is 10.8. The van der Waals surface area contributed by atoms with Crippen molar-refractivity contribution >= 4 is 23.6 Å². The van der Waals surface area contributed by atoms with E-state index in [0.717, 1.165) is 51.1 Å². The summed E-state index contributed by atoms with van der Waals surface area (Å²) in [7, 11) is 0. The summed E-state index contributed by atoms with van der Waals surface area (Å²) in [6, 6.07) is 6.44. The molecule has 1 unspecified atom stereocenters. The van der Waals surface area contributed by atoms with Crippen LogP contribution in [0.25, 0.3) is 0 Å². The fraction of sp³-hybridized carbons (Fsp3) is 0.600. The van der Waals surface area contributed by atoms with Gasteiger partial charge in [0.15, 0.2) is 0 Å². The summed E-state index contributed by atoms with van der Waals surface area (Å²) in [5.74, 6) is 0.976. The van der Waals surface area contributed by atoms with E-state index < -0.39 is 0 Å². The van der Waals surface area contributed by atoms with E-state index in [0.29, 0.717) is 18.2 Å². The van der Waals surface area contributed by atoms with Gasteiger partial charge in [0.2, 0.25) is 11.8 Å². The number of rotatable bonds is 5. The van der Waals surface area contributed by atoms with Gasteiger partial charge in [0.1, 0.15) is 11.2 Å². The maximum Gasteiger partial charge on any atom is 0.233 e. The molecule has 2 amide bonds. The normalized spacial score (nSPS) is 24.3. The molecule has 0 N–H and O–H groups in total. The van der Waals surface area contributed by atoms with Crippen LogP contribution in [0.4, 0.5) is 4.39 Å². The minimum Gasteiger partial charge on any atom is -0.340 e. The van der Waals surface area contributed by atoms with Crippen LogP contribution >= 0.6 is 11.8 Å². The van der Waals surface area contributed by atoms with E-state index in [1.165, 1.54) is 18.6 Å². The monoisotopic (exact) mass is 391 g/mol. The zero-order valence-electron chi connectivity index (χ0n) is 15.5. The van der Waals surface area contributed by atoms with Crippen molar-refractivity contribution in [3.8, 4) is 0 Å². The molecule has 2 heterocycles. The Morgan fingerprint density at radius 3 is 2.41 bits per heavy atom. The van der Waals surface area contributed by atoms with Gasteiger partial charge in [-0.25, -0.2) is 4.39 Å². The van der Waals surface area contributed by atoms with Gasteiger partial charge >= 0.3 is 0 Å². The van der Waals surface area contributed by atoms with Gasteiger partial charge in [-0.15, -0.1) is 11.8 Å². The average Bonchev–Trinajstić information content (AvgIpc) is 3.00. The third-order valence-corrected chi connectivity index (χ3v) is 7.17. The van der Waals surface area contributed by atoms with Crippen LogP contribution in [0.3, 0.4) is 0 Å². The van der Waals surface area contributed by atoms with Crippen molar-refractivity contribution in [3.63, 3.8) is 0 Å². The smallest absolute Gasteiger partial charge is 0.233 e. The molecule has 0 bridgehead atoms. The number of thioether (sulfide) groups is 1. The van der Waals surface area contributed by atoms with Crippen LogP contribution < -0.4 is 0 Å². The molecule has 1 aliphatic carbocycles. The van der Waals surface area contributed by atoms with Crippen LogP contribution in [0.2, 0.25) is 0 Å². The SMILES string of the molecule is O=C(C1CCC1)N1CCN(CCN2C(=O)CSC2c2ccc(F)cc2)CC1. The van der Waals surface area contributed by atoms with E-state index >= 15 is 0 Å². The molecular weight excluding hydrogens is 365 g/mol. The van der Waals surface area contributed by atoms with Crippen molar-refractivity contribution in [2.45, 2.75) is 24.6 Å². The second-order valence-corrected chi connectivity index (χ2v) is 8.67. The molecule has 1 atom stereocenters. The number of piperazine rings is 1. The molecule has 27 heavy (non-hydrogen) atoms.